The molecular weight excluding hydrogens is 454 g/mol. The lowest BCUT2D eigenvalue weighted by Gasteiger charge is -2.38. The molecular formula is C29H29N3O4. The van der Waals surface area contributed by atoms with E-state index in [2.05, 4.69) is 5.32 Å². The number of nitrogens with zero attached hydrogens (tertiary/aromatic N) is 2. The molecule has 0 bridgehead atoms. The molecule has 36 heavy (non-hydrogen) atoms. The van der Waals surface area contributed by atoms with E-state index in [-0.39, 0.29) is 11.1 Å². The summed E-state index contributed by atoms with van der Waals surface area (Å²) in [6, 6.07) is 19.4. The first kappa shape index (κ1) is 24.9. The fourth-order valence-electron chi connectivity index (χ4n) is 4.44. The lowest BCUT2D eigenvalue weighted by atomic mass is 9.98. The van der Waals surface area contributed by atoms with E-state index in [1.165, 1.54) is 4.90 Å². The van der Waals surface area contributed by atoms with Crippen molar-refractivity contribution in [3.8, 4) is 0 Å². The van der Waals surface area contributed by atoms with Crippen LogP contribution in [0.1, 0.15) is 51.3 Å². The summed E-state index contributed by atoms with van der Waals surface area (Å²) in [5.41, 5.74) is 3.16. The molecule has 4 amide bonds. The minimum absolute atomic E-state index is 0.268. The number of aryl methyl sites for hydroxylation is 3. The number of benzene rings is 3. The first-order chi connectivity index (χ1) is 17.0. The van der Waals surface area contributed by atoms with Crippen LogP contribution in [0.2, 0.25) is 0 Å². The number of hydrogen-bond acceptors (Lipinski definition) is 4. The summed E-state index contributed by atoms with van der Waals surface area (Å²) >= 11 is 0. The van der Waals surface area contributed by atoms with Gasteiger partial charge in [0.15, 0.2) is 0 Å². The Balaban J connectivity index is 1.68. The lowest BCUT2D eigenvalue weighted by Crippen LogP contribution is -2.58. The number of carbonyl (C=O) groups is 4. The van der Waals surface area contributed by atoms with Crippen LogP contribution >= 0.6 is 0 Å². The molecule has 7 nitrogen and oxygen atoms in total. The molecule has 0 fully saturated rings. The quantitative estimate of drug-likeness (QED) is 0.517. The zero-order valence-corrected chi connectivity index (χ0v) is 21.1. The average Bonchev–Trinajstić information content (AvgIpc) is 3.07. The van der Waals surface area contributed by atoms with Crippen LogP contribution in [0.4, 0.5) is 11.4 Å². The van der Waals surface area contributed by atoms with Gasteiger partial charge in [-0.3, -0.25) is 29.0 Å². The van der Waals surface area contributed by atoms with E-state index in [0.717, 1.165) is 21.6 Å². The van der Waals surface area contributed by atoms with Crippen LogP contribution in [-0.2, 0) is 9.59 Å². The third kappa shape index (κ3) is 4.40. The van der Waals surface area contributed by atoms with Gasteiger partial charge < -0.3 is 5.32 Å². The average molecular weight is 484 g/mol. The molecule has 0 radical (unpaired) electrons. The van der Waals surface area contributed by atoms with E-state index in [4.69, 9.17) is 0 Å². The first-order valence-electron chi connectivity index (χ1n) is 11.7. The van der Waals surface area contributed by atoms with Crippen LogP contribution in [-0.4, -0.2) is 40.6 Å². The molecule has 0 aliphatic carbocycles. The Hall–Kier alpha value is -4.26. The summed E-state index contributed by atoms with van der Waals surface area (Å²) in [6.07, 6.45) is 0. The minimum Gasteiger partial charge on any atom is -0.324 e. The van der Waals surface area contributed by atoms with Crippen LogP contribution in [0.5, 0.6) is 0 Å². The van der Waals surface area contributed by atoms with Crippen molar-refractivity contribution in [1.82, 2.24) is 4.90 Å². The second-order valence-electron chi connectivity index (χ2n) is 9.59. The summed E-state index contributed by atoms with van der Waals surface area (Å²) in [5.74, 6) is -1.98. The van der Waals surface area contributed by atoms with E-state index < -0.39 is 35.7 Å². The molecule has 0 spiro atoms. The Morgan fingerprint density at radius 1 is 0.806 bits per heavy atom. The summed E-state index contributed by atoms with van der Waals surface area (Å²) in [7, 11) is 0. The highest BCUT2D eigenvalue weighted by atomic mass is 16.2. The van der Waals surface area contributed by atoms with Crippen molar-refractivity contribution in [1.29, 1.82) is 0 Å². The number of imide groups is 1. The van der Waals surface area contributed by atoms with Crippen molar-refractivity contribution in [3.63, 3.8) is 0 Å². The maximum atomic E-state index is 13.8. The normalized spacial score (nSPS) is 13.0. The highest BCUT2D eigenvalue weighted by Crippen LogP contribution is 2.29. The predicted molar refractivity (Wildman–Crippen MR) is 139 cm³/mol. The second kappa shape index (κ2) is 9.41. The van der Waals surface area contributed by atoms with Gasteiger partial charge in [-0.15, -0.1) is 0 Å². The Labute approximate surface area is 210 Å². The van der Waals surface area contributed by atoms with Gasteiger partial charge in [0, 0.05) is 11.4 Å². The van der Waals surface area contributed by atoms with Crippen LogP contribution in [0, 0.1) is 20.8 Å². The van der Waals surface area contributed by atoms with Crippen LogP contribution in [0.3, 0.4) is 0 Å². The molecule has 1 aliphatic rings. The molecule has 0 saturated carbocycles. The molecule has 0 saturated heterocycles. The van der Waals surface area contributed by atoms with Gasteiger partial charge in [0.05, 0.1) is 11.1 Å². The number of anilines is 2. The molecule has 184 valence electrons. The highest BCUT2D eigenvalue weighted by molar-refractivity contribution is 6.23. The topological polar surface area (TPSA) is 86.8 Å². The Bertz CT molecular complexity index is 1320. The smallest absolute Gasteiger partial charge is 0.262 e. The van der Waals surface area contributed by atoms with Gasteiger partial charge in [0.25, 0.3) is 11.8 Å². The molecule has 0 aromatic heterocycles. The Kier molecular flexibility index (Phi) is 6.50. The molecule has 3 aromatic rings. The van der Waals surface area contributed by atoms with Gasteiger partial charge in [0.2, 0.25) is 11.8 Å². The molecule has 0 atom stereocenters. The first-order valence-corrected chi connectivity index (χ1v) is 11.7. The predicted octanol–water partition coefficient (Wildman–Crippen LogP) is 4.66. The molecule has 1 heterocycles. The van der Waals surface area contributed by atoms with Gasteiger partial charge in [-0.05, 0) is 70.0 Å². The maximum absolute atomic E-state index is 13.8. The van der Waals surface area contributed by atoms with Crippen LogP contribution in [0.15, 0.2) is 66.7 Å². The molecule has 1 aliphatic heterocycles. The molecule has 0 unspecified atom stereocenters. The fourth-order valence-corrected chi connectivity index (χ4v) is 4.44. The number of amides is 4. The van der Waals surface area contributed by atoms with Gasteiger partial charge in [-0.2, -0.15) is 0 Å². The van der Waals surface area contributed by atoms with Crippen molar-refractivity contribution in [2.45, 2.75) is 40.2 Å². The number of carbonyl (C=O) groups excluding carboxylic acids is 4. The summed E-state index contributed by atoms with van der Waals surface area (Å²) < 4.78 is 0. The maximum Gasteiger partial charge on any atom is 0.262 e. The van der Waals surface area contributed by atoms with E-state index in [9.17, 15) is 19.2 Å². The number of nitrogens with one attached hydrogen (secondary N) is 1. The zero-order chi connectivity index (χ0) is 26.2. The second-order valence-corrected chi connectivity index (χ2v) is 9.59. The van der Waals surface area contributed by atoms with Gasteiger partial charge in [-0.1, -0.05) is 48.0 Å². The highest BCUT2D eigenvalue weighted by Gasteiger charge is 2.43. The number of hydrogen-bond donors (Lipinski definition) is 1. The Morgan fingerprint density at radius 3 is 1.86 bits per heavy atom. The lowest BCUT2D eigenvalue weighted by molar-refractivity contribution is -0.126. The van der Waals surface area contributed by atoms with Gasteiger partial charge >= 0.3 is 0 Å². The van der Waals surface area contributed by atoms with Gasteiger partial charge in [-0.25, -0.2) is 0 Å². The van der Waals surface area contributed by atoms with Crippen LogP contribution in [0.25, 0.3) is 0 Å². The van der Waals surface area contributed by atoms with E-state index in [0.29, 0.717) is 11.4 Å². The number of rotatable bonds is 6. The fraction of sp³-hybridized carbons (Fsp3) is 0.241. The van der Waals surface area contributed by atoms with Gasteiger partial charge in [0.1, 0.15) is 12.1 Å². The molecule has 3 aromatic carbocycles. The number of fused-ring (bicyclic) bond motifs is 1. The van der Waals surface area contributed by atoms with Crippen molar-refractivity contribution in [2.24, 2.45) is 0 Å². The van der Waals surface area contributed by atoms with Crippen molar-refractivity contribution in [2.75, 3.05) is 16.8 Å². The summed E-state index contributed by atoms with van der Waals surface area (Å²) in [5, 5.41) is 2.98. The monoisotopic (exact) mass is 483 g/mol. The molecule has 7 heteroatoms. The summed E-state index contributed by atoms with van der Waals surface area (Å²) in [4.78, 5) is 55.5. The largest absolute Gasteiger partial charge is 0.324 e. The minimum atomic E-state index is -1.35. The van der Waals surface area contributed by atoms with Crippen molar-refractivity contribution in [3.05, 3.63) is 94.5 Å². The third-order valence-corrected chi connectivity index (χ3v) is 6.55. The van der Waals surface area contributed by atoms with E-state index in [1.54, 1.807) is 50.2 Å². The number of para-hydroxylation sites is 1. The molecule has 4 rings (SSSR count). The zero-order valence-electron chi connectivity index (χ0n) is 21.1. The van der Waals surface area contributed by atoms with Crippen LogP contribution < -0.4 is 10.2 Å². The van der Waals surface area contributed by atoms with Crippen molar-refractivity contribution >= 4 is 35.0 Å². The SMILES string of the molecule is Cc1ccc(N(C(=O)CN2C(=O)c3ccccc3C2=O)C(C)(C)C(=O)Nc2c(C)cccc2C)cc1. The van der Waals surface area contributed by atoms with E-state index >= 15 is 0 Å². The van der Waals surface area contributed by atoms with E-state index in [1.807, 2.05) is 51.1 Å². The Morgan fingerprint density at radius 2 is 1.33 bits per heavy atom. The summed E-state index contributed by atoms with van der Waals surface area (Å²) in [6.45, 7) is 8.54. The third-order valence-electron chi connectivity index (χ3n) is 6.55. The standard InChI is InChI=1S/C29H29N3O4/c1-18-13-15-21(16-14-18)32(29(4,5)28(36)30-25-19(2)9-8-10-20(25)3)24(33)17-31-26(34)22-11-6-7-12-23(22)27(31)35/h6-16H,17H2,1-5H3,(H,30,36). The van der Waals surface area contributed by atoms with Crippen molar-refractivity contribution < 1.29 is 19.2 Å². The molecule has 1 N–H and O–H groups in total.